The van der Waals surface area contributed by atoms with E-state index in [9.17, 15) is 9.59 Å². The molecule has 0 spiro atoms. The van der Waals surface area contributed by atoms with Crippen LogP contribution in [-0.2, 0) is 11.2 Å². The maximum absolute atomic E-state index is 12.0. The number of fused-ring (bicyclic) bond motifs is 1. The van der Waals surface area contributed by atoms with E-state index in [0.717, 1.165) is 4.88 Å². The number of thiophene rings is 1. The Morgan fingerprint density at radius 3 is 2.83 bits per heavy atom. The van der Waals surface area contributed by atoms with Gasteiger partial charge in [0.15, 0.2) is 0 Å². The van der Waals surface area contributed by atoms with Crippen LogP contribution < -0.4 is 5.56 Å². The van der Waals surface area contributed by atoms with Crippen LogP contribution in [-0.4, -0.2) is 21.0 Å². The van der Waals surface area contributed by atoms with E-state index in [2.05, 4.69) is 22.1 Å². The molecule has 0 aliphatic rings. The Morgan fingerprint density at radius 1 is 1.35 bits per heavy atom. The van der Waals surface area contributed by atoms with Gasteiger partial charge in [0.25, 0.3) is 5.56 Å². The lowest BCUT2D eigenvalue weighted by molar-refractivity contribution is -0.136. The van der Waals surface area contributed by atoms with Crippen LogP contribution in [0.15, 0.2) is 35.1 Å². The first-order valence-electron chi connectivity index (χ1n) is 7.01. The summed E-state index contributed by atoms with van der Waals surface area (Å²) in [6.07, 6.45) is 3.29. The fourth-order valence-electron chi connectivity index (χ4n) is 2.32. The number of aromatic nitrogens is 2. The number of nitrogens with zero attached hydrogens (tertiary/aromatic N) is 1. The molecule has 0 atom stereocenters. The van der Waals surface area contributed by atoms with Crippen molar-refractivity contribution >= 4 is 39.5 Å². The number of carboxylic acid groups (broad SMARTS) is 1. The molecular weight excluding hydrogens is 312 g/mol. The summed E-state index contributed by atoms with van der Waals surface area (Å²) in [5.41, 5.74) is 0.222. The van der Waals surface area contributed by atoms with Gasteiger partial charge in [-0.3, -0.25) is 9.59 Å². The summed E-state index contributed by atoms with van der Waals surface area (Å²) in [6, 6.07) is 10.2. The first-order valence-corrected chi connectivity index (χ1v) is 7.83. The number of aromatic amines is 1. The fourth-order valence-corrected chi connectivity index (χ4v) is 3.28. The molecule has 5 nitrogen and oxygen atoms in total. The summed E-state index contributed by atoms with van der Waals surface area (Å²) < 4.78 is 1.20. The number of benzene rings is 1. The second-order valence-corrected chi connectivity index (χ2v) is 6.22. The number of hydrogen-bond donors (Lipinski definition) is 2. The predicted octanol–water partition coefficient (Wildman–Crippen LogP) is 3.09. The van der Waals surface area contributed by atoms with Gasteiger partial charge < -0.3 is 10.1 Å². The highest BCUT2D eigenvalue weighted by atomic mass is 32.1. The van der Waals surface area contributed by atoms with Gasteiger partial charge in [0, 0.05) is 20.8 Å². The molecule has 0 unspecified atom stereocenters. The van der Waals surface area contributed by atoms with Crippen molar-refractivity contribution in [1.82, 2.24) is 9.97 Å². The Balaban J connectivity index is 1.90. The van der Waals surface area contributed by atoms with Gasteiger partial charge in [0.05, 0.1) is 6.42 Å². The van der Waals surface area contributed by atoms with Crippen LogP contribution in [0, 0.1) is 6.92 Å². The van der Waals surface area contributed by atoms with Crippen molar-refractivity contribution in [2.45, 2.75) is 13.3 Å². The third-order valence-electron chi connectivity index (χ3n) is 3.42. The SMILES string of the molecule is Cc1nc(C=Cc2cc3ccccc3s2)[nH]c(=O)c1CC(=O)O. The molecule has 6 heteroatoms. The van der Waals surface area contributed by atoms with Gasteiger partial charge in [0.1, 0.15) is 5.82 Å². The molecule has 0 aliphatic carbocycles. The number of H-pyrrole nitrogens is 1. The molecule has 2 aromatic heterocycles. The molecule has 23 heavy (non-hydrogen) atoms. The molecule has 0 amide bonds. The van der Waals surface area contributed by atoms with E-state index < -0.39 is 11.5 Å². The van der Waals surface area contributed by atoms with Crippen molar-refractivity contribution in [3.05, 3.63) is 62.6 Å². The number of nitrogens with one attached hydrogen (secondary N) is 1. The quantitative estimate of drug-likeness (QED) is 0.772. The van der Waals surface area contributed by atoms with E-state index in [1.165, 1.54) is 10.1 Å². The van der Waals surface area contributed by atoms with E-state index in [1.54, 1.807) is 24.3 Å². The van der Waals surface area contributed by atoms with E-state index in [-0.39, 0.29) is 12.0 Å². The van der Waals surface area contributed by atoms with Gasteiger partial charge in [-0.25, -0.2) is 4.98 Å². The summed E-state index contributed by atoms with van der Waals surface area (Å²) in [5.74, 6) is -0.631. The predicted molar refractivity (Wildman–Crippen MR) is 91.7 cm³/mol. The second-order valence-electron chi connectivity index (χ2n) is 5.11. The molecule has 0 fully saturated rings. The molecule has 0 saturated carbocycles. The largest absolute Gasteiger partial charge is 0.481 e. The van der Waals surface area contributed by atoms with E-state index in [1.807, 2.05) is 24.3 Å². The summed E-state index contributed by atoms with van der Waals surface area (Å²) in [7, 11) is 0. The highest BCUT2D eigenvalue weighted by Crippen LogP contribution is 2.26. The van der Waals surface area contributed by atoms with Crippen molar-refractivity contribution in [1.29, 1.82) is 0 Å². The first-order chi connectivity index (χ1) is 11.0. The Bertz CT molecular complexity index is 936. The lowest BCUT2D eigenvalue weighted by atomic mass is 10.2. The van der Waals surface area contributed by atoms with Crippen molar-refractivity contribution in [2.75, 3.05) is 0 Å². The number of aliphatic carboxylic acids is 1. The van der Waals surface area contributed by atoms with E-state index >= 15 is 0 Å². The number of aryl methyl sites for hydroxylation is 1. The average molecular weight is 326 g/mol. The van der Waals surface area contributed by atoms with Crippen molar-refractivity contribution in [3.8, 4) is 0 Å². The maximum atomic E-state index is 12.0. The zero-order valence-corrected chi connectivity index (χ0v) is 13.2. The highest BCUT2D eigenvalue weighted by molar-refractivity contribution is 7.19. The second kappa shape index (κ2) is 6.18. The minimum absolute atomic E-state index is 0.191. The van der Waals surface area contributed by atoms with Crippen LogP contribution in [0.4, 0.5) is 0 Å². The van der Waals surface area contributed by atoms with Gasteiger partial charge in [-0.15, -0.1) is 11.3 Å². The zero-order valence-electron chi connectivity index (χ0n) is 12.4. The lowest BCUT2D eigenvalue weighted by Crippen LogP contribution is -2.20. The van der Waals surface area contributed by atoms with Gasteiger partial charge in [0.2, 0.25) is 0 Å². The van der Waals surface area contributed by atoms with Crippen LogP contribution >= 0.6 is 11.3 Å². The van der Waals surface area contributed by atoms with Crippen LogP contribution in [0.3, 0.4) is 0 Å². The van der Waals surface area contributed by atoms with Crippen molar-refractivity contribution in [3.63, 3.8) is 0 Å². The third-order valence-corrected chi connectivity index (χ3v) is 4.50. The van der Waals surface area contributed by atoms with Crippen LogP contribution in [0.25, 0.3) is 22.2 Å². The third kappa shape index (κ3) is 3.37. The first kappa shape index (κ1) is 15.2. The topological polar surface area (TPSA) is 83.0 Å². The van der Waals surface area contributed by atoms with Crippen LogP contribution in [0.2, 0.25) is 0 Å². The molecular formula is C17H14N2O3S. The molecule has 1 aromatic carbocycles. The standard InChI is InChI=1S/C17H14N2O3S/c1-10-13(9-16(20)21)17(22)19-15(18-10)7-6-12-8-11-4-2-3-5-14(11)23-12/h2-8H,9H2,1H3,(H,20,21)(H,18,19,22). The smallest absolute Gasteiger partial charge is 0.308 e. The lowest BCUT2D eigenvalue weighted by Gasteiger charge is -2.02. The molecule has 2 heterocycles. The normalized spacial score (nSPS) is 11.3. The Kier molecular flexibility index (Phi) is 4.08. The van der Waals surface area contributed by atoms with Crippen LogP contribution in [0.1, 0.15) is 22.0 Å². The molecule has 116 valence electrons. The minimum Gasteiger partial charge on any atom is -0.481 e. The molecule has 2 N–H and O–H groups in total. The number of carboxylic acids is 1. The Hall–Kier alpha value is -2.73. The van der Waals surface area contributed by atoms with Gasteiger partial charge in [-0.2, -0.15) is 0 Å². The van der Waals surface area contributed by atoms with E-state index in [4.69, 9.17) is 5.11 Å². The molecule has 0 radical (unpaired) electrons. The minimum atomic E-state index is -1.05. The van der Waals surface area contributed by atoms with Gasteiger partial charge in [-0.1, -0.05) is 18.2 Å². The Labute approximate surface area is 136 Å². The zero-order chi connectivity index (χ0) is 16.4. The summed E-state index contributed by atoms with van der Waals surface area (Å²) >= 11 is 1.65. The molecule has 0 bridgehead atoms. The molecule has 0 saturated heterocycles. The highest BCUT2D eigenvalue weighted by Gasteiger charge is 2.10. The molecule has 3 aromatic rings. The average Bonchev–Trinajstić information content (AvgIpc) is 2.91. The molecule has 3 rings (SSSR count). The summed E-state index contributed by atoms with van der Waals surface area (Å²) in [4.78, 5) is 30.6. The number of carbonyl (C=O) groups is 1. The van der Waals surface area contributed by atoms with Crippen molar-refractivity contribution < 1.29 is 9.90 Å². The number of hydrogen-bond acceptors (Lipinski definition) is 4. The van der Waals surface area contributed by atoms with Crippen molar-refractivity contribution in [2.24, 2.45) is 0 Å². The van der Waals surface area contributed by atoms with Crippen LogP contribution in [0.5, 0.6) is 0 Å². The van der Waals surface area contributed by atoms with E-state index in [0.29, 0.717) is 11.5 Å². The monoisotopic (exact) mass is 326 g/mol. The van der Waals surface area contributed by atoms with Gasteiger partial charge >= 0.3 is 5.97 Å². The Morgan fingerprint density at radius 2 is 2.13 bits per heavy atom. The fraction of sp³-hybridized carbons (Fsp3) is 0.118. The summed E-state index contributed by atoms with van der Waals surface area (Å²) in [5, 5.41) is 9.99. The summed E-state index contributed by atoms with van der Waals surface area (Å²) in [6.45, 7) is 1.64. The maximum Gasteiger partial charge on any atom is 0.308 e. The molecule has 0 aliphatic heterocycles. The number of rotatable bonds is 4. The van der Waals surface area contributed by atoms with Gasteiger partial charge in [-0.05, 0) is 36.6 Å².